The Morgan fingerprint density at radius 3 is 2.56 bits per heavy atom. The molecule has 0 N–H and O–H groups in total. The van der Waals surface area contributed by atoms with E-state index in [-0.39, 0.29) is 11.6 Å². The molecule has 2 heterocycles. The molecule has 4 nitrogen and oxygen atoms in total. The van der Waals surface area contributed by atoms with Gasteiger partial charge < -0.3 is 4.74 Å². The van der Waals surface area contributed by atoms with E-state index < -0.39 is 0 Å². The average Bonchev–Trinajstić information content (AvgIpc) is 3.31. The topological polar surface area (TPSA) is 43.6 Å². The molecule has 202 valence electrons. The predicted molar refractivity (Wildman–Crippen MR) is 169 cm³/mol. The Kier molecular flexibility index (Phi) is 6.99. The van der Waals surface area contributed by atoms with Crippen molar-refractivity contribution in [2.75, 3.05) is 0 Å². The molecule has 41 heavy (non-hydrogen) atoms. The Morgan fingerprint density at radius 1 is 0.976 bits per heavy atom. The third kappa shape index (κ3) is 5.01. The maximum absolute atomic E-state index is 14.0. The Labute approximate surface area is 254 Å². The fraction of sp³-hybridized carbons (Fsp3) is 0.118. The molecule has 0 amide bonds. The number of allylic oxidation sites excluding steroid dienone is 1. The molecule has 1 atom stereocenters. The van der Waals surface area contributed by atoms with Crippen molar-refractivity contribution in [2.45, 2.75) is 25.5 Å². The number of halogens is 2. The van der Waals surface area contributed by atoms with Gasteiger partial charge in [-0.05, 0) is 86.9 Å². The lowest BCUT2D eigenvalue weighted by molar-refractivity contribution is 0.304. The molecule has 4 aromatic carbocycles. The van der Waals surface area contributed by atoms with Crippen molar-refractivity contribution in [1.29, 1.82) is 0 Å². The number of nitrogens with zero attached hydrogens (tertiary/aromatic N) is 2. The van der Waals surface area contributed by atoms with Gasteiger partial charge in [0, 0.05) is 10.6 Å². The summed E-state index contributed by atoms with van der Waals surface area (Å²) in [6.07, 6.45) is 3.76. The maximum Gasteiger partial charge on any atom is 0.271 e. The van der Waals surface area contributed by atoms with E-state index >= 15 is 0 Å². The van der Waals surface area contributed by atoms with E-state index in [0.717, 1.165) is 50.3 Å². The first kappa shape index (κ1) is 26.2. The van der Waals surface area contributed by atoms with Crippen LogP contribution in [0.25, 0.3) is 11.8 Å². The Hall–Kier alpha value is -3.71. The van der Waals surface area contributed by atoms with E-state index in [0.29, 0.717) is 16.2 Å². The maximum atomic E-state index is 14.0. The molecular weight excluding hydrogens is 616 g/mol. The molecule has 0 saturated heterocycles. The SMILES string of the molecule is O=c1c(=Cc2ccc(OCc3ccc(Cl)cc3)c(Br)c2)sc2n1[C@H](c1ccccc1)C1=C(N=2)c2ccccc2CC1. The lowest BCUT2D eigenvalue weighted by Crippen LogP contribution is -2.38. The molecule has 0 unspecified atom stereocenters. The molecule has 1 aliphatic heterocycles. The highest BCUT2D eigenvalue weighted by atomic mass is 79.9. The van der Waals surface area contributed by atoms with Crippen LogP contribution in [0.1, 0.15) is 40.3 Å². The summed E-state index contributed by atoms with van der Waals surface area (Å²) in [4.78, 5) is 19.8. The fourth-order valence-electron chi connectivity index (χ4n) is 5.57. The molecule has 7 rings (SSSR count). The summed E-state index contributed by atoms with van der Waals surface area (Å²) in [7, 11) is 0. The number of fused-ring (bicyclic) bond motifs is 3. The van der Waals surface area contributed by atoms with Gasteiger partial charge in [-0.1, -0.05) is 95.7 Å². The van der Waals surface area contributed by atoms with Gasteiger partial charge in [-0.15, -0.1) is 0 Å². The number of ether oxygens (including phenoxy) is 1. The summed E-state index contributed by atoms with van der Waals surface area (Å²) in [5.74, 6) is 0.731. The van der Waals surface area contributed by atoms with Gasteiger partial charge in [0.05, 0.1) is 20.7 Å². The quantitative estimate of drug-likeness (QED) is 0.202. The van der Waals surface area contributed by atoms with Crippen molar-refractivity contribution >= 4 is 50.6 Å². The summed E-state index contributed by atoms with van der Waals surface area (Å²) in [6, 6.07) is 32.1. The minimum atomic E-state index is -0.173. The van der Waals surface area contributed by atoms with Gasteiger partial charge in [0.1, 0.15) is 12.4 Å². The van der Waals surface area contributed by atoms with Crippen molar-refractivity contribution in [3.05, 3.63) is 160 Å². The number of hydrogen-bond acceptors (Lipinski definition) is 4. The van der Waals surface area contributed by atoms with Gasteiger partial charge in [0.25, 0.3) is 5.56 Å². The molecule has 0 saturated carbocycles. The minimum absolute atomic E-state index is 0.0211. The van der Waals surface area contributed by atoms with Gasteiger partial charge in [0.15, 0.2) is 4.80 Å². The number of hydrogen-bond donors (Lipinski definition) is 0. The second-order valence-corrected chi connectivity index (χ2v) is 12.4. The number of benzene rings is 4. The highest BCUT2D eigenvalue weighted by Crippen LogP contribution is 2.41. The molecule has 1 aliphatic carbocycles. The normalized spacial score (nSPS) is 16.0. The fourth-order valence-corrected chi connectivity index (χ4v) is 7.21. The zero-order valence-electron chi connectivity index (χ0n) is 21.9. The third-order valence-electron chi connectivity index (χ3n) is 7.55. The molecular formula is C34H24BrClN2O2S. The Balaban J connectivity index is 1.28. The first-order chi connectivity index (χ1) is 20.0. The smallest absolute Gasteiger partial charge is 0.271 e. The van der Waals surface area contributed by atoms with E-state index in [1.165, 1.54) is 28.0 Å². The van der Waals surface area contributed by atoms with Gasteiger partial charge in [-0.2, -0.15) is 0 Å². The summed E-state index contributed by atoms with van der Waals surface area (Å²) >= 11 is 11.1. The standard InChI is InChI=1S/C34H24BrClN2O2S/c35-28-18-22(12-17-29(28)40-20-21-10-14-25(36)15-11-21)19-30-33(39)38-32(24-7-2-1-3-8-24)27-16-13-23-6-4-5-9-26(23)31(27)37-34(38)41-30/h1-12,14-15,17-19,32H,13,16,20H2/t32-/m1/s1. The highest BCUT2D eigenvalue weighted by Gasteiger charge is 2.32. The van der Waals surface area contributed by atoms with Gasteiger partial charge in [0.2, 0.25) is 0 Å². The van der Waals surface area contributed by atoms with Gasteiger partial charge in [-0.3, -0.25) is 9.36 Å². The summed E-state index contributed by atoms with van der Waals surface area (Å²) < 4.78 is 9.38. The summed E-state index contributed by atoms with van der Waals surface area (Å²) in [5, 5.41) is 0.699. The van der Waals surface area contributed by atoms with Crippen molar-refractivity contribution in [3.63, 3.8) is 0 Å². The van der Waals surface area contributed by atoms with E-state index in [9.17, 15) is 4.79 Å². The molecule has 2 aliphatic rings. The molecule has 0 spiro atoms. The van der Waals surface area contributed by atoms with Crippen molar-refractivity contribution < 1.29 is 4.74 Å². The summed E-state index contributed by atoms with van der Waals surface area (Å²) in [6.45, 7) is 0.432. The van der Waals surface area contributed by atoms with Crippen molar-refractivity contribution in [3.8, 4) is 5.75 Å². The first-order valence-corrected chi connectivity index (χ1v) is 15.4. The van der Waals surface area contributed by atoms with Crippen LogP contribution >= 0.6 is 38.9 Å². The van der Waals surface area contributed by atoms with E-state index in [4.69, 9.17) is 21.3 Å². The lowest BCUT2D eigenvalue weighted by atomic mass is 9.83. The minimum Gasteiger partial charge on any atom is -0.488 e. The number of thiazole rings is 1. The van der Waals surface area contributed by atoms with Crippen LogP contribution in [0.2, 0.25) is 5.02 Å². The van der Waals surface area contributed by atoms with E-state index in [1.54, 1.807) is 0 Å². The monoisotopic (exact) mass is 638 g/mol. The van der Waals surface area contributed by atoms with Crippen molar-refractivity contribution in [2.24, 2.45) is 4.99 Å². The van der Waals surface area contributed by atoms with Crippen LogP contribution < -0.4 is 19.6 Å². The third-order valence-corrected chi connectivity index (χ3v) is 9.40. The average molecular weight is 640 g/mol. The predicted octanol–water partition coefficient (Wildman–Crippen LogP) is 7.31. The van der Waals surface area contributed by atoms with Crippen LogP contribution in [-0.4, -0.2) is 4.57 Å². The van der Waals surface area contributed by atoms with Gasteiger partial charge in [-0.25, -0.2) is 4.99 Å². The highest BCUT2D eigenvalue weighted by molar-refractivity contribution is 9.10. The zero-order chi connectivity index (χ0) is 27.9. The van der Waals surface area contributed by atoms with Gasteiger partial charge >= 0.3 is 0 Å². The summed E-state index contributed by atoms with van der Waals surface area (Å²) in [5.41, 5.74) is 7.72. The van der Waals surface area contributed by atoms with Crippen LogP contribution in [0.15, 0.2) is 117 Å². The molecule has 7 heteroatoms. The molecule has 1 aromatic heterocycles. The van der Waals surface area contributed by atoms with Crippen molar-refractivity contribution in [1.82, 2.24) is 4.57 Å². The van der Waals surface area contributed by atoms with E-state index in [1.807, 2.05) is 71.3 Å². The van der Waals surface area contributed by atoms with Crippen LogP contribution in [-0.2, 0) is 13.0 Å². The number of aromatic nitrogens is 1. The second kappa shape index (κ2) is 10.9. The molecule has 0 fully saturated rings. The zero-order valence-corrected chi connectivity index (χ0v) is 25.0. The Bertz CT molecular complexity index is 2000. The Morgan fingerprint density at radius 2 is 1.76 bits per heavy atom. The van der Waals surface area contributed by atoms with Crippen LogP contribution in [0, 0.1) is 0 Å². The number of rotatable bonds is 5. The molecule has 0 radical (unpaired) electrons. The number of aryl methyl sites for hydroxylation is 1. The lowest BCUT2D eigenvalue weighted by Gasteiger charge is -2.30. The van der Waals surface area contributed by atoms with Crippen LogP contribution in [0.4, 0.5) is 0 Å². The largest absolute Gasteiger partial charge is 0.488 e. The van der Waals surface area contributed by atoms with Crippen LogP contribution in [0.3, 0.4) is 0 Å². The molecule has 0 bridgehead atoms. The second-order valence-electron chi connectivity index (χ2n) is 10.1. The molecule has 5 aromatic rings. The first-order valence-electron chi connectivity index (χ1n) is 13.4. The van der Waals surface area contributed by atoms with E-state index in [2.05, 4.69) is 52.3 Å². The van der Waals surface area contributed by atoms with Crippen LogP contribution in [0.5, 0.6) is 5.75 Å².